The summed E-state index contributed by atoms with van der Waals surface area (Å²) in [5.41, 5.74) is 1.17. The molecule has 3 heterocycles. The summed E-state index contributed by atoms with van der Waals surface area (Å²) >= 11 is 9.63. The van der Waals surface area contributed by atoms with Crippen LogP contribution in [0.3, 0.4) is 0 Å². The highest BCUT2D eigenvalue weighted by molar-refractivity contribution is 7.98. The van der Waals surface area contributed by atoms with E-state index in [0.29, 0.717) is 18.3 Å². The molecule has 0 atom stereocenters. The minimum Gasteiger partial charge on any atom is -0.356 e. The number of hydrogen-bond acceptors (Lipinski definition) is 7. The first kappa shape index (κ1) is 23.3. The zero-order valence-corrected chi connectivity index (χ0v) is 20.2. The fraction of sp³-hybridized carbons (Fsp3) is 0.435. The third-order valence-corrected chi connectivity index (χ3v) is 7.83. The third-order valence-electron chi connectivity index (χ3n) is 5.51. The van der Waals surface area contributed by atoms with E-state index in [-0.39, 0.29) is 11.8 Å². The number of halogens is 1. The van der Waals surface area contributed by atoms with Gasteiger partial charge in [0.25, 0.3) is 0 Å². The summed E-state index contributed by atoms with van der Waals surface area (Å²) in [6.07, 6.45) is 2.68. The van der Waals surface area contributed by atoms with Crippen molar-refractivity contribution in [3.05, 3.63) is 58.3 Å². The molecule has 0 bridgehead atoms. The van der Waals surface area contributed by atoms with Crippen LogP contribution in [0.15, 0.2) is 46.3 Å². The van der Waals surface area contributed by atoms with Crippen molar-refractivity contribution in [1.82, 2.24) is 20.4 Å². The molecule has 3 aromatic rings. The Balaban J connectivity index is 1.10. The van der Waals surface area contributed by atoms with E-state index in [4.69, 9.17) is 16.1 Å². The molecule has 1 aliphatic heterocycles. The van der Waals surface area contributed by atoms with Crippen molar-refractivity contribution in [2.45, 2.75) is 31.6 Å². The van der Waals surface area contributed by atoms with Gasteiger partial charge in [0.1, 0.15) is 0 Å². The zero-order chi connectivity index (χ0) is 22.2. The quantitative estimate of drug-likeness (QED) is 0.398. The van der Waals surface area contributed by atoms with Crippen LogP contribution in [0.2, 0.25) is 5.02 Å². The van der Waals surface area contributed by atoms with Gasteiger partial charge in [0.15, 0.2) is 0 Å². The number of benzene rings is 1. The van der Waals surface area contributed by atoms with Gasteiger partial charge in [-0.3, -0.25) is 9.69 Å². The molecule has 1 aliphatic rings. The van der Waals surface area contributed by atoms with Gasteiger partial charge in [0, 0.05) is 23.2 Å². The van der Waals surface area contributed by atoms with Crippen LogP contribution in [-0.4, -0.2) is 46.3 Å². The first-order chi connectivity index (χ1) is 15.7. The second kappa shape index (κ2) is 11.8. The van der Waals surface area contributed by atoms with E-state index in [2.05, 4.69) is 26.4 Å². The molecule has 1 fully saturated rings. The summed E-state index contributed by atoms with van der Waals surface area (Å²) in [5.74, 6) is 3.45. The molecule has 9 heteroatoms. The largest absolute Gasteiger partial charge is 0.356 e. The number of carbonyl (C=O) groups is 1. The van der Waals surface area contributed by atoms with Gasteiger partial charge < -0.3 is 9.84 Å². The molecular weight excluding hydrogens is 464 g/mol. The monoisotopic (exact) mass is 490 g/mol. The van der Waals surface area contributed by atoms with Gasteiger partial charge in [-0.15, -0.1) is 11.3 Å². The molecule has 1 N–H and O–H groups in total. The predicted molar refractivity (Wildman–Crippen MR) is 131 cm³/mol. The van der Waals surface area contributed by atoms with Crippen LogP contribution in [-0.2, 0) is 17.1 Å². The predicted octanol–water partition coefficient (Wildman–Crippen LogP) is 5.10. The Hall–Kier alpha value is -1.87. The van der Waals surface area contributed by atoms with Gasteiger partial charge in [-0.1, -0.05) is 41.0 Å². The maximum Gasteiger partial charge on any atom is 0.241 e. The van der Waals surface area contributed by atoms with Crippen molar-refractivity contribution in [3.8, 4) is 10.7 Å². The highest BCUT2D eigenvalue weighted by Crippen LogP contribution is 2.23. The summed E-state index contributed by atoms with van der Waals surface area (Å²) < 4.78 is 5.40. The molecule has 6 nitrogen and oxygen atoms in total. The smallest absolute Gasteiger partial charge is 0.241 e. The molecule has 0 aliphatic carbocycles. The lowest BCUT2D eigenvalue weighted by molar-refractivity contribution is -0.126. The number of hydrogen-bond donors (Lipinski definition) is 1. The number of nitrogens with zero attached hydrogens (tertiary/aromatic N) is 3. The number of thiophene rings is 1. The van der Waals surface area contributed by atoms with E-state index in [1.54, 1.807) is 11.3 Å². The maximum atomic E-state index is 12.5. The van der Waals surface area contributed by atoms with Crippen LogP contribution in [0.25, 0.3) is 10.7 Å². The Labute approximate surface area is 201 Å². The summed E-state index contributed by atoms with van der Waals surface area (Å²) in [5, 5.41) is 10.0. The molecule has 32 heavy (non-hydrogen) atoms. The highest BCUT2D eigenvalue weighted by atomic mass is 35.5. The summed E-state index contributed by atoms with van der Waals surface area (Å²) in [4.78, 5) is 20.3. The van der Waals surface area contributed by atoms with Gasteiger partial charge in [0.05, 0.1) is 11.4 Å². The molecule has 170 valence electrons. The summed E-state index contributed by atoms with van der Waals surface area (Å²) in [6.45, 7) is 3.09. The van der Waals surface area contributed by atoms with Crippen LogP contribution < -0.4 is 5.32 Å². The zero-order valence-electron chi connectivity index (χ0n) is 17.8. The number of carbonyl (C=O) groups excluding carboxylic acids is 1. The van der Waals surface area contributed by atoms with E-state index in [9.17, 15) is 4.79 Å². The van der Waals surface area contributed by atoms with Crippen molar-refractivity contribution >= 4 is 40.6 Å². The molecule has 0 saturated carbocycles. The number of rotatable bonds is 10. The molecule has 1 saturated heterocycles. The van der Waals surface area contributed by atoms with Crippen molar-refractivity contribution < 1.29 is 9.32 Å². The van der Waals surface area contributed by atoms with Crippen molar-refractivity contribution in [1.29, 1.82) is 0 Å². The Morgan fingerprint density at radius 3 is 2.88 bits per heavy atom. The molecular formula is C23H27ClN4O2S2. The Kier molecular flexibility index (Phi) is 8.62. The molecule has 1 aromatic carbocycles. The highest BCUT2D eigenvalue weighted by Gasteiger charge is 2.25. The van der Waals surface area contributed by atoms with Crippen LogP contribution in [0.1, 0.15) is 30.7 Å². The molecule has 0 radical (unpaired) electrons. The van der Waals surface area contributed by atoms with Crippen molar-refractivity contribution in [2.24, 2.45) is 5.92 Å². The van der Waals surface area contributed by atoms with Crippen molar-refractivity contribution in [3.63, 3.8) is 0 Å². The van der Waals surface area contributed by atoms with Crippen LogP contribution in [0, 0.1) is 5.92 Å². The van der Waals surface area contributed by atoms with E-state index in [1.807, 2.05) is 47.5 Å². The number of likely N-dealkylation sites (tertiary alicyclic amines) is 1. The fourth-order valence-corrected chi connectivity index (χ4v) is 5.59. The Morgan fingerprint density at radius 2 is 2.09 bits per heavy atom. The molecule has 1 amide bonds. The van der Waals surface area contributed by atoms with Crippen LogP contribution in [0.4, 0.5) is 0 Å². The third kappa shape index (κ3) is 6.57. The number of aromatic nitrogens is 2. The fourth-order valence-electron chi connectivity index (χ4n) is 3.70. The summed E-state index contributed by atoms with van der Waals surface area (Å²) in [6, 6.07) is 11.9. The maximum absolute atomic E-state index is 12.5. The van der Waals surface area contributed by atoms with Gasteiger partial charge >= 0.3 is 0 Å². The minimum absolute atomic E-state index is 0.0893. The number of thioether (sulfide) groups is 1. The molecule has 4 rings (SSSR count). The van der Waals surface area contributed by atoms with Crippen LogP contribution >= 0.6 is 34.7 Å². The van der Waals surface area contributed by atoms with E-state index < -0.39 is 0 Å². The topological polar surface area (TPSA) is 71.3 Å². The lowest BCUT2D eigenvalue weighted by Gasteiger charge is -2.30. The van der Waals surface area contributed by atoms with Crippen LogP contribution in [0.5, 0.6) is 0 Å². The molecule has 0 spiro atoms. The Bertz CT molecular complexity index is 988. The lowest BCUT2D eigenvalue weighted by atomic mass is 9.96. The van der Waals surface area contributed by atoms with Gasteiger partial charge in [-0.2, -0.15) is 16.7 Å². The lowest BCUT2D eigenvalue weighted by Crippen LogP contribution is -2.40. The van der Waals surface area contributed by atoms with E-state index >= 15 is 0 Å². The SMILES string of the molecule is O=C(NCCCSCc1ccccc1Cl)C1CCN(Cc2nc(-c3cccs3)no2)CC1. The Morgan fingerprint density at radius 1 is 1.25 bits per heavy atom. The number of nitrogens with one attached hydrogen (secondary N) is 1. The number of amides is 1. The first-order valence-corrected chi connectivity index (χ1v) is 13.3. The minimum atomic E-state index is 0.0893. The molecule has 2 aromatic heterocycles. The van der Waals surface area contributed by atoms with E-state index in [1.165, 1.54) is 5.56 Å². The first-order valence-electron chi connectivity index (χ1n) is 10.9. The average molecular weight is 491 g/mol. The number of piperidine rings is 1. The van der Waals surface area contributed by atoms with Gasteiger partial charge in [0.2, 0.25) is 17.6 Å². The van der Waals surface area contributed by atoms with E-state index in [0.717, 1.165) is 60.3 Å². The normalized spacial score (nSPS) is 15.2. The average Bonchev–Trinajstić information content (AvgIpc) is 3.50. The summed E-state index contributed by atoms with van der Waals surface area (Å²) in [7, 11) is 0. The van der Waals surface area contributed by atoms with Gasteiger partial charge in [-0.05, 0) is 61.2 Å². The van der Waals surface area contributed by atoms with Gasteiger partial charge in [-0.25, -0.2) is 0 Å². The molecule has 0 unspecified atom stereocenters. The standard InChI is InChI=1S/C23H27ClN4O2S2/c24-19-6-2-1-5-18(19)16-31-13-4-10-25-23(29)17-8-11-28(12-9-17)15-21-26-22(27-30-21)20-7-3-14-32-20/h1-3,5-7,14,17H,4,8-13,15-16H2,(H,25,29). The van der Waals surface area contributed by atoms with Crippen molar-refractivity contribution in [2.75, 3.05) is 25.4 Å². The second-order valence-corrected chi connectivity index (χ2v) is 10.3. The second-order valence-electron chi connectivity index (χ2n) is 7.83.